The summed E-state index contributed by atoms with van der Waals surface area (Å²) in [4.78, 5) is 2.19. The Morgan fingerprint density at radius 3 is 2.50 bits per heavy atom. The third kappa shape index (κ3) is 2.77. The van der Waals surface area contributed by atoms with Crippen molar-refractivity contribution in [3.05, 3.63) is 35.4 Å². The molecule has 0 amide bonds. The van der Waals surface area contributed by atoms with E-state index in [4.69, 9.17) is 5.73 Å². The first-order valence-electron chi connectivity index (χ1n) is 5.55. The van der Waals surface area contributed by atoms with E-state index >= 15 is 0 Å². The first-order chi connectivity index (χ1) is 7.67. The Balaban J connectivity index is 1.99. The van der Waals surface area contributed by atoms with Crippen LogP contribution >= 0.6 is 0 Å². The zero-order chi connectivity index (χ0) is 11.5. The number of nitrogens with zero attached hydrogens (tertiary/aromatic N) is 1. The van der Waals surface area contributed by atoms with Crippen molar-refractivity contribution < 1.29 is 8.78 Å². The number of nitrogens with two attached hydrogens (primary N) is 1. The van der Waals surface area contributed by atoms with E-state index in [2.05, 4.69) is 4.90 Å². The van der Waals surface area contributed by atoms with Crippen molar-refractivity contribution in [2.24, 2.45) is 11.7 Å². The van der Waals surface area contributed by atoms with Crippen molar-refractivity contribution in [1.82, 2.24) is 4.90 Å². The highest BCUT2D eigenvalue weighted by Crippen LogP contribution is 2.18. The Morgan fingerprint density at radius 1 is 1.25 bits per heavy atom. The third-order valence-electron chi connectivity index (χ3n) is 3.03. The molecule has 0 bridgehead atoms. The quantitative estimate of drug-likeness (QED) is 0.850. The van der Waals surface area contributed by atoms with Crippen LogP contribution in [-0.4, -0.2) is 24.5 Å². The Labute approximate surface area is 94.0 Å². The summed E-state index contributed by atoms with van der Waals surface area (Å²) in [7, 11) is 0. The standard InChI is InChI=1S/C12H16F2N2/c13-11-3-10(4-12(14)5-11)8-16-2-1-9(6-15)7-16/h3-5,9H,1-2,6-8,15H2. The molecule has 1 aromatic rings. The second-order valence-electron chi connectivity index (χ2n) is 4.40. The van der Waals surface area contributed by atoms with E-state index in [0.717, 1.165) is 25.6 Å². The van der Waals surface area contributed by atoms with Gasteiger partial charge in [0.1, 0.15) is 11.6 Å². The highest BCUT2D eigenvalue weighted by Gasteiger charge is 2.21. The lowest BCUT2D eigenvalue weighted by Gasteiger charge is -2.15. The number of benzene rings is 1. The maximum absolute atomic E-state index is 13.0. The average Bonchev–Trinajstić information content (AvgIpc) is 2.64. The molecule has 0 saturated carbocycles. The second kappa shape index (κ2) is 4.89. The van der Waals surface area contributed by atoms with Crippen LogP contribution in [0.4, 0.5) is 8.78 Å². The lowest BCUT2D eigenvalue weighted by Crippen LogP contribution is -2.22. The number of likely N-dealkylation sites (tertiary alicyclic amines) is 1. The topological polar surface area (TPSA) is 29.3 Å². The molecule has 0 aromatic heterocycles. The summed E-state index contributed by atoms with van der Waals surface area (Å²) in [5, 5.41) is 0. The summed E-state index contributed by atoms with van der Waals surface area (Å²) in [6, 6.07) is 3.67. The molecule has 1 fully saturated rings. The summed E-state index contributed by atoms with van der Waals surface area (Å²) in [5.74, 6) is -0.493. The Morgan fingerprint density at radius 2 is 1.94 bits per heavy atom. The molecule has 16 heavy (non-hydrogen) atoms. The molecule has 4 heteroatoms. The second-order valence-corrected chi connectivity index (χ2v) is 4.40. The molecule has 2 N–H and O–H groups in total. The van der Waals surface area contributed by atoms with Crippen LogP contribution < -0.4 is 5.73 Å². The van der Waals surface area contributed by atoms with Crippen LogP contribution in [0.5, 0.6) is 0 Å². The minimum absolute atomic E-state index is 0.510. The van der Waals surface area contributed by atoms with Gasteiger partial charge in [-0.1, -0.05) is 0 Å². The van der Waals surface area contributed by atoms with Crippen molar-refractivity contribution >= 4 is 0 Å². The van der Waals surface area contributed by atoms with E-state index in [-0.39, 0.29) is 0 Å². The molecule has 0 spiro atoms. The first kappa shape index (κ1) is 11.5. The fourth-order valence-electron chi connectivity index (χ4n) is 2.21. The van der Waals surface area contributed by atoms with Crippen LogP contribution in [0.25, 0.3) is 0 Å². The van der Waals surface area contributed by atoms with Gasteiger partial charge in [-0.2, -0.15) is 0 Å². The van der Waals surface area contributed by atoms with Gasteiger partial charge in [-0.05, 0) is 43.1 Å². The normalized spacial score (nSPS) is 21.6. The number of hydrogen-bond acceptors (Lipinski definition) is 2. The molecule has 1 unspecified atom stereocenters. The van der Waals surface area contributed by atoms with Gasteiger partial charge in [0.15, 0.2) is 0 Å². The predicted molar refractivity (Wildman–Crippen MR) is 58.8 cm³/mol. The number of halogens is 2. The molecule has 1 aliphatic rings. The largest absolute Gasteiger partial charge is 0.330 e. The molecule has 1 saturated heterocycles. The van der Waals surface area contributed by atoms with E-state index < -0.39 is 11.6 Å². The van der Waals surface area contributed by atoms with E-state index in [1.807, 2.05) is 0 Å². The van der Waals surface area contributed by atoms with Gasteiger partial charge in [0.2, 0.25) is 0 Å². The number of rotatable bonds is 3. The van der Waals surface area contributed by atoms with Crippen LogP contribution in [0, 0.1) is 17.6 Å². The molecular weight excluding hydrogens is 210 g/mol. The Kier molecular flexibility index (Phi) is 3.51. The molecule has 1 aromatic carbocycles. The van der Waals surface area contributed by atoms with Gasteiger partial charge in [-0.25, -0.2) is 8.78 Å². The minimum atomic E-state index is -0.510. The fraction of sp³-hybridized carbons (Fsp3) is 0.500. The highest BCUT2D eigenvalue weighted by atomic mass is 19.1. The fourth-order valence-corrected chi connectivity index (χ4v) is 2.21. The average molecular weight is 226 g/mol. The van der Waals surface area contributed by atoms with Crippen LogP contribution in [-0.2, 0) is 6.54 Å². The summed E-state index contributed by atoms with van der Waals surface area (Å²) in [6.07, 6.45) is 1.08. The lowest BCUT2D eigenvalue weighted by molar-refractivity contribution is 0.317. The van der Waals surface area contributed by atoms with Gasteiger partial charge < -0.3 is 5.73 Å². The lowest BCUT2D eigenvalue weighted by atomic mass is 10.1. The minimum Gasteiger partial charge on any atom is -0.330 e. The van der Waals surface area contributed by atoms with Gasteiger partial charge >= 0.3 is 0 Å². The van der Waals surface area contributed by atoms with Crippen LogP contribution in [0.2, 0.25) is 0 Å². The zero-order valence-corrected chi connectivity index (χ0v) is 9.13. The Bertz CT molecular complexity index is 348. The molecule has 88 valence electrons. The van der Waals surface area contributed by atoms with Crippen LogP contribution in [0.3, 0.4) is 0 Å². The number of hydrogen-bond donors (Lipinski definition) is 1. The smallest absolute Gasteiger partial charge is 0.126 e. The van der Waals surface area contributed by atoms with Crippen molar-refractivity contribution in [3.63, 3.8) is 0 Å². The molecule has 2 rings (SSSR count). The molecule has 0 radical (unpaired) electrons. The van der Waals surface area contributed by atoms with Gasteiger partial charge in [0, 0.05) is 19.2 Å². The van der Waals surface area contributed by atoms with Crippen molar-refractivity contribution in [2.75, 3.05) is 19.6 Å². The molecule has 0 aliphatic carbocycles. The van der Waals surface area contributed by atoms with Crippen molar-refractivity contribution in [3.8, 4) is 0 Å². The van der Waals surface area contributed by atoms with Crippen LogP contribution in [0.15, 0.2) is 18.2 Å². The van der Waals surface area contributed by atoms with E-state index in [0.29, 0.717) is 24.6 Å². The summed E-state index contributed by atoms with van der Waals surface area (Å²) >= 11 is 0. The van der Waals surface area contributed by atoms with E-state index in [1.54, 1.807) is 0 Å². The van der Waals surface area contributed by atoms with Crippen molar-refractivity contribution in [2.45, 2.75) is 13.0 Å². The maximum Gasteiger partial charge on any atom is 0.126 e. The zero-order valence-electron chi connectivity index (χ0n) is 9.13. The molecular formula is C12H16F2N2. The molecule has 1 atom stereocenters. The highest BCUT2D eigenvalue weighted by molar-refractivity contribution is 5.17. The molecule has 1 aliphatic heterocycles. The monoisotopic (exact) mass is 226 g/mol. The molecule has 1 heterocycles. The third-order valence-corrected chi connectivity index (χ3v) is 3.03. The predicted octanol–water partition coefficient (Wildman–Crippen LogP) is 1.75. The van der Waals surface area contributed by atoms with Gasteiger partial charge in [-0.3, -0.25) is 4.90 Å². The summed E-state index contributed by atoms with van der Waals surface area (Å²) in [6.45, 7) is 3.17. The van der Waals surface area contributed by atoms with Gasteiger partial charge in [0.05, 0.1) is 0 Å². The van der Waals surface area contributed by atoms with Crippen LogP contribution in [0.1, 0.15) is 12.0 Å². The van der Waals surface area contributed by atoms with E-state index in [1.165, 1.54) is 12.1 Å². The SMILES string of the molecule is NCC1CCN(Cc2cc(F)cc(F)c2)C1. The van der Waals surface area contributed by atoms with E-state index in [9.17, 15) is 8.78 Å². The van der Waals surface area contributed by atoms with Gasteiger partial charge in [-0.15, -0.1) is 0 Å². The Hall–Kier alpha value is -1.00. The first-order valence-corrected chi connectivity index (χ1v) is 5.55. The maximum atomic E-state index is 13.0. The van der Waals surface area contributed by atoms with Crippen molar-refractivity contribution in [1.29, 1.82) is 0 Å². The summed E-state index contributed by atoms with van der Waals surface area (Å²) in [5.41, 5.74) is 6.28. The molecule has 2 nitrogen and oxygen atoms in total. The van der Waals surface area contributed by atoms with Gasteiger partial charge in [0.25, 0.3) is 0 Å². The summed E-state index contributed by atoms with van der Waals surface area (Å²) < 4.78 is 25.9.